The third kappa shape index (κ3) is 7.74. The number of hydrogen-bond acceptors (Lipinski definition) is 4. The van der Waals surface area contributed by atoms with Crippen LogP contribution in [0.25, 0.3) is 0 Å². The molecule has 4 heteroatoms. The van der Waals surface area contributed by atoms with Gasteiger partial charge in [-0.2, -0.15) is 0 Å². The Kier molecular flexibility index (Phi) is 9.90. The Morgan fingerprint density at radius 2 is 1.10 bits per heavy atom. The van der Waals surface area contributed by atoms with Gasteiger partial charge in [-0.3, -0.25) is 9.59 Å². The molecule has 0 spiro atoms. The Morgan fingerprint density at radius 3 is 1.43 bits per heavy atom. The largest absolute Gasteiger partial charge is 0.462 e. The van der Waals surface area contributed by atoms with Crippen molar-refractivity contribution in [3.63, 3.8) is 0 Å². The van der Waals surface area contributed by atoms with Crippen LogP contribution in [0.1, 0.15) is 92.9 Å². The SMILES string of the molecule is CC(C)[C@@H]1CC[C@@H](C)C[C@H]1OC(=O)C/C=C/CC(=O)O[C@@H]1C[C@H](C)CC[C@H]1C(C)C. The molecule has 0 bridgehead atoms. The number of rotatable bonds is 8. The van der Waals surface area contributed by atoms with Crippen molar-refractivity contribution < 1.29 is 19.1 Å². The summed E-state index contributed by atoms with van der Waals surface area (Å²) in [4.78, 5) is 24.6. The Hall–Kier alpha value is -1.32. The fourth-order valence-electron chi connectivity index (χ4n) is 5.29. The van der Waals surface area contributed by atoms with E-state index in [4.69, 9.17) is 9.47 Å². The van der Waals surface area contributed by atoms with E-state index in [0.717, 1.165) is 25.7 Å². The lowest BCUT2D eigenvalue weighted by Crippen LogP contribution is -2.35. The second kappa shape index (κ2) is 11.9. The van der Waals surface area contributed by atoms with Crippen LogP contribution in [0.5, 0.6) is 0 Å². The van der Waals surface area contributed by atoms with Crippen LogP contribution in [0, 0.1) is 35.5 Å². The van der Waals surface area contributed by atoms with E-state index in [9.17, 15) is 9.59 Å². The van der Waals surface area contributed by atoms with Crippen molar-refractivity contribution in [3.05, 3.63) is 12.2 Å². The smallest absolute Gasteiger partial charge is 0.309 e. The van der Waals surface area contributed by atoms with E-state index in [1.807, 2.05) is 0 Å². The van der Waals surface area contributed by atoms with Gasteiger partial charge in [0.15, 0.2) is 0 Å². The van der Waals surface area contributed by atoms with E-state index in [-0.39, 0.29) is 37.0 Å². The van der Waals surface area contributed by atoms with Crippen molar-refractivity contribution in [2.24, 2.45) is 35.5 Å². The van der Waals surface area contributed by atoms with Gasteiger partial charge in [-0.05, 0) is 61.2 Å². The van der Waals surface area contributed by atoms with Gasteiger partial charge in [0.25, 0.3) is 0 Å². The molecule has 172 valence electrons. The first kappa shape index (κ1) is 24.9. The summed E-state index contributed by atoms with van der Waals surface area (Å²) >= 11 is 0. The first-order valence-corrected chi connectivity index (χ1v) is 12.2. The van der Waals surface area contributed by atoms with Crippen molar-refractivity contribution in [2.75, 3.05) is 0 Å². The average molecular weight is 421 g/mol. The Morgan fingerprint density at radius 1 is 0.733 bits per heavy atom. The first-order chi connectivity index (χ1) is 14.2. The molecule has 0 radical (unpaired) electrons. The summed E-state index contributed by atoms with van der Waals surface area (Å²) in [5.74, 6) is 2.80. The summed E-state index contributed by atoms with van der Waals surface area (Å²) in [7, 11) is 0. The summed E-state index contributed by atoms with van der Waals surface area (Å²) in [6.45, 7) is 13.3. The summed E-state index contributed by atoms with van der Waals surface area (Å²) in [5, 5.41) is 0. The predicted octanol–water partition coefficient (Wildman–Crippen LogP) is 6.33. The van der Waals surface area contributed by atoms with Gasteiger partial charge >= 0.3 is 11.9 Å². The summed E-state index contributed by atoms with van der Waals surface area (Å²) in [6.07, 6.45) is 10.6. The molecule has 0 amide bonds. The normalized spacial score (nSPS) is 32.5. The van der Waals surface area contributed by atoms with Crippen molar-refractivity contribution in [1.82, 2.24) is 0 Å². The Balaban J connectivity index is 1.75. The number of carbonyl (C=O) groups is 2. The van der Waals surface area contributed by atoms with Gasteiger partial charge in [-0.1, -0.05) is 66.5 Å². The molecule has 0 unspecified atom stereocenters. The standard InChI is InChI=1S/C26H44O4/c1-17(2)21-13-11-19(5)15-23(21)29-25(27)9-7-8-10-26(28)30-24-16-20(6)12-14-22(24)18(3)4/h7-8,17-24H,9-16H2,1-6H3/b8-7+/t19-,20-,21+,22+,23-,24-/m1/s1. The molecule has 2 aliphatic carbocycles. The molecular formula is C26H44O4. The lowest BCUT2D eigenvalue weighted by Gasteiger charge is -2.36. The highest BCUT2D eigenvalue weighted by molar-refractivity contribution is 5.73. The van der Waals surface area contributed by atoms with Crippen LogP contribution in [0.3, 0.4) is 0 Å². The van der Waals surface area contributed by atoms with Crippen molar-refractivity contribution >= 4 is 11.9 Å². The highest BCUT2D eigenvalue weighted by Gasteiger charge is 2.34. The third-order valence-electron chi connectivity index (χ3n) is 7.22. The maximum Gasteiger partial charge on any atom is 0.309 e. The average Bonchev–Trinajstić information content (AvgIpc) is 2.65. The van der Waals surface area contributed by atoms with E-state index in [2.05, 4.69) is 41.5 Å². The Labute approximate surface area is 184 Å². The molecule has 4 nitrogen and oxygen atoms in total. The lowest BCUT2D eigenvalue weighted by molar-refractivity contribution is -0.156. The van der Waals surface area contributed by atoms with Gasteiger partial charge < -0.3 is 9.47 Å². The molecule has 6 atom stereocenters. The number of carbonyl (C=O) groups excluding carboxylic acids is 2. The van der Waals surface area contributed by atoms with Crippen LogP contribution in [0.15, 0.2) is 12.2 Å². The van der Waals surface area contributed by atoms with Gasteiger partial charge in [0.1, 0.15) is 12.2 Å². The van der Waals surface area contributed by atoms with Crippen LogP contribution in [-0.4, -0.2) is 24.1 Å². The minimum atomic E-state index is -0.189. The molecular weight excluding hydrogens is 376 g/mol. The summed E-state index contributed by atoms with van der Waals surface area (Å²) in [6, 6.07) is 0. The van der Waals surface area contributed by atoms with Gasteiger partial charge in [0.2, 0.25) is 0 Å². The first-order valence-electron chi connectivity index (χ1n) is 12.2. The maximum absolute atomic E-state index is 12.3. The minimum absolute atomic E-state index is 0.0286. The molecule has 0 saturated heterocycles. The van der Waals surface area contributed by atoms with E-state index in [1.54, 1.807) is 12.2 Å². The highest BCUT2D eigenvalue weighted by Crippen LogP contribution is 2.36. The number of esters is 2. The second-order valence-electron chi connectivity index (χ2n) is 10.6. The number of hydrogen-bond donors (Lipinski definition) is 0. The fourth-order valence-corrected chi connectivity index (χ4v) is 5.29. The molecule has 0 aromatic heterocycles. The molecule has 30 heavy (non-hydrogen) atoms. The van der Waals surface area contributed by atoms with E-state index in [1.165, 1.54) is 12.8 Å². The zero-order chi connectivity index (χ0) is 22.3. The highest BCUT2D eigenvalue weighted by atomic mass is 16.5. The van der Waals surface area contributed by atoms with E-state index in [0.29, 0.717) is 35.5 Å². The fraction of sp³-hybridized carbons (Fsp3) is 0.846. The monoisotopic (exact) mass is 420 g/mol. The van der Waals surface area contributed by atoms with Crippen LogP contribution in [-0.2, 0) is 19.1 Å². The molecule has 0 aliphatic heterocycles. The molecule has 0 aromatic rings. The molecule has 2 rings (SSSR count). The van der Waals surface area contributed by atoms with Crippen molar-refractivity contribution in [3.8, 4) is 0 Å². The van der Waals surface area contributed by atoms with Gasteiger partial charge in [-0.25, -0.2) is 0 Å². The minimum Gasteiger partial charge on any atom is -0.462 e. The predicted molar refractivity (Wildman–Crippen MR) is 121 cm³/mol. The van der Waals surface area contributed by atoms with Gasteiger partial charge in [-0.15, -0.1) is 0 Å². The maximum atomic E-state index is 12.3. The zero-order valence-electron chi connectivity index (χ0n) is 20.1. The second-order valence-corrected chi connectivity index (χ2v) is 10.6. The molecule has 2 fully saturated rings. The topological polar surface area (TPSA) is 52.6 Å². The molecule has 2 saturated carbocycles. The molecule has 0 N–H and O–H groups in total. The quantitative estimate of drug-likeness (QED) is 0.340. The van der Waals surface area contributed by atoms with Gasteiger partial charge in [0.05, 0.1) is 12.8 Å². The van der Waals surface area contributed by atoms with Crippen LogP contribution >= 0.6 is 0 Å². The summed E-state index contributed by atoms with van der Waals surface area (Å²) < 4.78 is 11.6. The Bertz CT molecular complexity index is 530. The van der Waals surface area contributed by atoms with Crippen LogP contribution in [0.4, 0.5) is 0 Å². The zero-order valence-corrected chi connectivity index (χ0v) is 20.1. The van der Waals surface area contributed by atoms with Crippen LogP contribution < -0.4 is 0 Å². The number of ether oxygens (including phenoxy) is 2. The molecule has 0 heterocycles. The lowest BCUT2D eigenvalue weighted by atomic mass is 9.75. The third-order valence-corrected chi connectivity index (χ3v) is 7.22. The van der Waals surface area contributed by atoms with Gasteiger partial charge in [0, 0.05) is 0 Å². The van der Waals surface area contributed by atoms with Crippen molar-refractivity contribution in [2.45, 2.75) is 105 Å². The summed E-state index contributed by atoms with van der Waals surface area (Å²) in [5.41, 5.74) is 0. The molecule has 2 aliphatic rings. The van der Waals surface area contributed by atoms with E-state index < -0.39 is 0 Å². The van der Waals surface area contributed by atoms with Crippen LogP contribution in [0.2, 0.25) is 0 Å². The van der Waals surface area contributed by atoms with Crippen molar-refractivity contribution in [1.29, 1.82) is 0 Å². The van der Waals surface area contributed by atoms with E-state index >= 15 is 0 Å². The molecule has 0 aromatic carbocycles.